The number of aromatic nitrogens is 1. The Hall–Kier alpha value is -1.32. The van der Waals surface area contributed by atoms with Crippen molar-refractivity contribution in [2.75, 3.05) is 0 Å². The van der Waals surface area contributed by atoms with Crippen molar-refractivity contribution < 1.29 is 4.79 Å². The summed E-state index contributed by atoms with van der Waals surface area (Å²) in [7, 11) is 0. The summed E-state index contributed by atoms with van der Waals surface area (Å²) in [5, 5.41) is 1.55. The van der Waals surface area contributed by atoms with E-state index in [1.165, 1.54) is 18.7 Å². The molecule has 4 heteroatoms. The molecule has 1 heterocycles. The van der Waals surface area contributed by atoms with Gasteiger partial charge in [-0.25, -0.2) is 4.98 Å². The van der Waals surface area contributed by atoms with Crippen molar-refractivity contribution in [3.63, 3.8) is 0 Å². The summed E-state index contributed by atoms with van der Waals surface area (Å²) in [5.41, 5.74) is 0.625. The highest BCUT2D eigenvalue weighted by atomic mass is 35.5. The number of rotatable bonds is 3. The molecule has 0 unspecified atom stereocenters. The molecule has 0 N–H and O–H groups in total. The van der Waals surface area contributed by atoms with E-state index in [9.17, 15) is 4.79 Å². The quantitative estimate of drug-likeness (QED) is 0.782. The third kappa shape index (κ3) is 3.32. The van der Waals surface area contributed by atoms with E-state index >= 15 is 0 Å². The number of ketones is 1. The molecule has 0 amide bonds. The molecule has 0 radical (unpaired) electrons. The van der Waals surface area contributed by atoms with E-state index in [1.807, 2.05) is 30.3 Å². The van der Waals surface area contributed by atoms with Gasteiger partial charge >= 0.3 is 0 Å². The average Bonchev–Trinajstić information content (AvgIpc) is 2.29. The number of carbonyl (C=O) groups excluding carboxylic acids is 1. The fraction of sp³-hybridized carbons (Fsp3) is 0.0769. The maximum absolute atomic E-state index is 11.1. The molecule has 0 aliphatic rings. The topological polar surface area (TPSA) is 30.0 Å². The monoisotopic (exact) mass is 263 g/mol. The Morgan fingerprint density at radius 3 is 2.71 bits per heavy atom. The number of carbonyl (C=O) groups is 1. The molecule has 2 nitrogen and oxygen atoms in total. The Labute approximate surface area is 109 Å². The summed E-state index contributed by atoms with van der Waals surface area (Å²) >= 11 is 7.41. The van der Waals surface area contributed by atoms with E-state index in [1.54, 1.807) is 12.3 Å². The van der Waals surface area contributed by atoms with Crippen LogP contribution in [0.1, 0.15) is 17.3 Å². The van der Waals surface area contributed by atoms with Crippen molar-refractivity contribution in [3.8, 4) is 0 Å². The van der Waals surface area contributed by atoms with Crippen molar-refractivity contribution in [2.24, 2.45) is 0 Å². The number of hydrogen-bond donors (Lipinski definition) is 0. The minimum Gasteiger partial charge on any atom is -0.294 e. The number of hydrogen-bond acceptors (Lipinski definition) is 3. The van der Waals surface area contributed by atoms with E-state index < -0.39 is 0 Å². The smallest absolute Gasteiger partial charge is 0.161 e. The molecule has 86 valence electrons. The van der Waals surface area contributed by atoms with Gasteiger partial charge in [0.25, 0.3) is 0 Å². The normalized spacial score (nSPS) is 10.2. The van der Waals surface area contributed by atoms with E-state index in [2.05, 4.69) is 4.98 Å². The van der Waals surface area contributed by atoms with Gasteiger partial charge in [-0.2, -0.15) is 0 Å². The number of benzene rings is 1. The molecule has 0 saturated carbocycles. The molecule has 0 aliphatic heterocycles. The van der Waals surface area contributed by atoms with Crippen molar-refractivity contribution in [2.45, 2.75) is 16.8 Å². The number of pyridine rings is 1. The lowest BCUT2D eigenvalue weighted by Gasteiger charge is -2.02. The van der Waals surface area contributed by atoms with Crippen molar-refractivity contribution in [3.05, 3.63) is 53.2 Å². The van der Waals surface area contributed by atoms with Crippen molar-refractivity contribution in [1.82, 2.24) is 4.98 Å². The zero-order valence-electron chi connectivity index (χ0n) is 9.18. The average molecular weight is 264 g/mol. The zero-order valence-corrected chi connectivity index (χ0v) is 10.8. The van der Waals surface area contributed by atoms with Gasteiger partial charge in [-0.05, 0) is 37.3 Å². The van der Waals surface area contributed by atoms with Crippen molar-refractivity contribution in [1.29, 1.82) is 0 Å². The highest BCUT2D eigenvalue weighted by molar-refractivity contribution is 7.99. The van der Waals surface area contributed by atoms with Gasteiger partial charge in [0.2, 0.25) is 0 Å². The lowest BCUT2D eigenvalue weighted by molar-refractivity contribution is 0.101. The zero-order chi connectivity index (χ0) is 12.3. The first kappa shape index (κ1) is 12.1. The van der Waals surface area contributed by atoms with Gasteiger partial charge < -0.3 is 0 Å². The predicted molar refractivity (Wildman–Crippen MR) is 69.8 cm³/mol. The Kier molecular flexibility index (Phi) is 3.82. The molecule has 17 heavy (non-hydrogen) atoms. The van der Waals surface area contributed by atoms with Gasteiger partial charge in [0.15, 0.2) is 5.78 Å². The molecule has 0 atom stereocenters. The largest absolute Gasteiger partial charge is 0.294 e. The van der Waals surface area contributed by atoms with Gasteiger partial charge in [-0.3, -0.25) is 4.79 Å². The summed E-state index contributed by atoms with van der Waals surface area (Å²) in [5.74, 6) is 0.0248. The van der Waals surface area contributed by atoms with Gasteiger partial charge in [0, 0.05) is 21.7 Å². The van der Waals surface area contributed by atoms with Crippen LogP contribution in [0.15, 0.2) is 52.5 Å². The first-order valence-corrected chi connectivity index (χ1v) is 6.25. The molecule has 0 saturated heterocycles. The fourth-order valence-electron chi connectivity index (χ4n) is 1.30. The molecule has 1 aromatic heterocycles. The molecule has 0 aliphatic carbocycles. The highest BCUT2D eigenvalue weighted by Gasteiger charge is 2.02. The summed E-state index contributed by atoms with van der Waals surface area (Å²) in [6, 6.07) is 11.2. The van der Waals surface area contributed by atoms with Gasteiger partial charge in [-0.15, -0.1) is 0 Å². The van der Waals surface area contributed by atoms with Crippen LogP contribution in [0.2, 0.25) is 5.02 Å². The lowest BCUT2D eigenvalue weighted by Crippen LogP contribution is -1.92. The SMILES string of the molecule is CC(=O)c1ccc(Sc2cccc(Cl)c2)nc1. The van der Waals surface area contributed by atoms with E-state index in [0.29, 0.717) is 10.6 Å². The molecular weight excluding hydrogens is 254 g/mol. The predicted octanol–water partition coefficient (Wildman–Crippen LogP) is 4.09. The Bertz CT molecular complexity index is 539. The van der Waals surface area contributed by atoms with Gasteiger partial charge in [0.05, 0.1) is 0 Å². The van der Waals surface area contributed by atoms with Crippen LogP contribution >= 0.6 is 23.4 Å². The second kappa shape index (κ2) is 5.34. The van der Waals surface area contributed by atoms with E-state index in [0.717, 1.165) is 9.92 Å². The standard InChI is InChI=1S/C13H10ClNOS/c1-9(16)10-5-6-13(15-8-10)17-12-4-2-3-11(14)7-12/h2-8H,1H3. The number of nitrogens with zero attached hydrogens (tertiary/aromatic N) is 1. The van der Waals surface area contributed by atoms with Crippen LogP contribution in [0.4, 0.5) is 0 Å². The van der Waals surface area contributed by atoms with E-state index in [-0.39, 0.29) is 5.78 Å². The highest BCUT2D eigenvalue weighted by Crippen LogP contribution is 2.27. The number of halogens is 1. The van der Waals surface area contributed by atoms with Crippen LogP contribution in [0.25, 0.3) is 0 Å². The molecular formula is C13H10ClNOS. The molecule has 2 rings (SSSR count). The third-order valence-corrected chi connectivity index (χ3v) is 3.34. The van der Waals surface area contributed by atoms with Gasteiger partial charge in [-0.1, -0.05) is 29.4 Å². The fourth-order valence-corrected chi connectivity index (χ4v) is 2.37. The summed E-state index contributed by atoms with van der Waals surface area (Å²) in [4.78, 5) is 16.3. The van der Waals surface area contributed by atoms with E-state index in [4.69, 9.17) is 11.6 Å². The minimum absolute atomic E-state index is 0.0248. The van der Waals surface area contributed by atoms with Gasteiger partial charge in [0.1, 0.15) is 5.03 Å². The minimum atomic E-state index is 0.0248. The molecule has 0 bridgehead atoms. The van der Waals surface area contributed by atoms with Crippen LogP contribution in [0, 0.1) is 0 Å². The molecule has 2 aromatic rings. The van der Waals surface area contributed by atoms with Crippen LogP contribution in [0.3, 0.4) is 0 Å². The molecule has 0 spiro atoms. The van der Waals surface area contributed by atoms with Crippen LogP contribution in [-0.2, 0) is 0 Å². The lowest BCUT2D eigenvalue weighted by atomic mass is 10.2. The van der Waals surface area contributed by atoms with Crippen LogP contribution < -0.4 is 0 Å². The Morgan fingerprint density at radius 2 is 2.12 bits per heavy atom. The maximum atomic E-state index is 11.1. The first-order valence-electron chi connectivity index (χ1n) is 5.05. The molecule has 1 aromatic carbocycles. The van der Waals surface area contributed by atoms with Crippen LogP contribution in [0.5, 0.6) is 0 Å². The number of Topliss-reactive ketones (excluding diaryl/α,β-unsaturated/α-hetero) is 1. The first-order chi connectivity index (χ1) is 8.15. The summed E-state index contributed by atoms with van der Waals surface area (Å²) in [6.07, 6.45) is 1.59. The second-order valence-electron chi connectivity index (χ2n) is 3.50. The Morgan fingerprint density at radius 1 is 1.29 bits per heavy atom. The van der Waals surface area contributed by atoms with Crippen molar-refractivity contribution >= 4 is 29.1 Å². The molecule has 0 fully saturated rings. The second-order valence-corrected chi connectivity index (χ2v) is 5.03. The van der Waals surface area contributed by atoms with Crippen LogP contribution in [-0.4, -0.2) is 10.8 Å². The third-order valence-electron chi connectivity index (χ3n) is 2.16. The summed E-state index contributed by atoms with van der Waals surface area (Å²) in [6.45, 7) is 1.53. The Balaban J connectivity index is 2.16. The summed E-state index contributed by atoms with van der Waals surface area (Å²) < 4.78 is 0. The maximum Gasteiger partial charge on any atom is 0.161 e.